The highest BCUT2D eigenvalue weighted by atomic mass is 35.5. The van der Waals surface area contributed by atoms with Crippen molar-refractivity contribution in [2.45, 2.75) is 26.2 Å². The molecule has 0 bridgehead atoms. The number of nitrogens with zero attached hydrogens (tertiary/aromatic N) is 1. The molecule has 3 rings (SSSR count). The van der Waals surface area contributed by atoms with E-state index < -0.39 is 11.9 Å². The Morgan fingerprint density at radius 1 is 1.29 bits per heavy atom. The highest BCUT2D eigenvalue weighted by Crippen LogP contribution is 2.29. The average molecular weight is 347 g/mol. The first-order valence-electron chi connectivity index (χ1n) is 7.46. The first-order valence-corrected chi connectivity index (χ1v) is 7.84. The molecule has 0 radical (unpaired) electrons. The van der Waals surface area contributed by atoms with Crippen LogP contribution in [0.1, 0.15) is 50.6 Å². The van der Waals surface area contributed by atoms with Crippen LogP contribution in [0.4, 0.5) is 0 Å². The zero-order valence-electron chi connectivity index (χ0n) is 12.9. The number of aromatic carboxylic acids is 1. The van der Waals surface area contributed by atoms with Gasteiger partial charge in [0.2, 0.25) is 5.76 Å². The molecule has 6 nitrogen and oxygen atoms in total. The summed E-state index contributed by atoms with van der Waals surface area (Å²) in [5.74, 6) is -1.00. The van der Waals surface area contributed by atoms with Gasteiger partial charge in [-0.1, -0.05) is 23.7 Å². The normalized spacial score (nSPS) is 15.2. The quantitative estimate of drug-likeness (QED) is 0.833. The smallest absolute Gasteiger partial charge is 0.372 e. The first-order chi connectivity index (χ1) is 11.5. The zero-order chi connectivity index (χ0) is 17.3. The Bertz CT molecular complexity index is 854. The molecule has 124 valence electrons. The molecule has 1 amide bonds. The first kappa shape index (κ1) is 16.3. The number of carboxylic acid groups (broad SMARTS) is 1. The largest absolute Gasteiger partial charge is 0.475 e. The predicted molar refractivity (Wildman–Crippen MR) is 88.8 cm³/mol. The third kappa shape index (κ3) is 2.92. The number of benzene rings is 1. The van der Waals surface area contributed by atoms with Crippen molar-refractivity contribution in [2.75, 3.05) is 0 Å². The van der Waals surface area contributed by atoms with E-state index in [2.05, 4.69) is 10.5 Å². The van der Waals surface area contributed by atoms with Crippen molar-refractivity contribution in [3.8, 4) is 0 Å². The molecule has 0 spiro atoms. The number of hydrogen-bond donors (Lipinski definition) is 2. The molecular formula is C17H15ClN2O4. The Balaban J connectivity index is 1.89. The van der Waals surface area contributed by atoms with Gasteiger partial charge in [-0.15, -0.1) is 0 Å². The molecule has 0 atom stereocenters. The van der Waals surface area contributed by atoms with Gasteiger partial charge in [-0.3, -0.25) is 4.79 Å². The molecule has 0 unspecified atom stereocenters. The van der Waals surface area contributed by atoms with Crippen LogP contribution in [0.5, 0.6) is 0 Å². The topological polar surface area (TPSA) is 91.9 Å². The number of carbonyl (C=O) groups is 2. The summed E-state index contributed by atoms with van der Waals surface area (Å²) in [5, 5.41) is 13.7. The van der Waals surface area contributed by atoms with Crippen molar-refractivity contribution in [3.05, 3.63) is 57.5 Å². The van der Waals surface area contributed by atoms with Gasteiger partial charge in [0.05, 0.1) is 16.3 Å². The maximum atomic E-state index is 12.2. The van der Waals surface area contributed by atoms with E-state index in [4.69, 9.17) is 16.0 Å². The van der Waals surface area contributed by atoms with Crippen LogP contribution < -0.4 is 5.43 Å². The highest BCUT2D eigenvalue weighted by Gasteiger charge is 2.27. The summed E-state index contributed by atoms with van der Waals surface area (Å²) in [4.78, 5) is 23.4. The van der Waals surface area contributed by atoms with Crippen LogP contribution >= 0.6 is 11.6 Å². The van der Waals surface area contributed by atoms with Crippen LogP contribution in [0.3, 0.4) is 0 Å². The van der Waals surface area contributed by atoms with E-state index in [1.165, 1.54) is 0 Å². The van der Waals surface area contributed by atoms with Crippen molar-refractivity contribution < 1.29 is 19.1 Å². The van der Waals surface area contributed by atoms with Crippen LogP contribution in [-0.2, 0) is 6.42 Å². The van der Waals surface area contributed by atoms with Crippen LogP contribution in [0.25, 0.3) is 0 Å². The molecule has 1 aromatic heterocycles. The van der Waals surface area contributed by atoms with E-state index in [9.17, 15) is 14.7 Å². The van der Waals surface area contributed by atoms with Crippen molar-refractivity contribution in [3.63, 3.8) is 0 Å². The van der Waals surface area contributed by atoms with Crippen molar-refractivity contribution in [1.29, 1.82) is 0 Å². The number of rotatable bonds is 3. The van der Waals surface area contributed by atoms with E-state index >= 15 is 0 Å². The van der Waals surface area contributed by atoms with Crippen molar-refractivity contribution in [2.24, 2.45) is 5.10 Å². The van der Waals surface area contributed by atoms with E-state index in [-0.39, 0.29) is 5.76 Å². The lowest BCUT2D eigenvalue weighted by Crippen LogP contribution is -2.22. The van der Waals surface area contributed by atoms with E-state index in [0.29, 0.717) is 46.0 Å². The predicted octanol–water partition coefficient (Wildman–Crippen LogP) is 3.41. The van der Waals surface area contributed by atoms with Gasteiger partial charge in [-0.2, -0.15) is 5.10 Å². The fourth-order valence-electron chi connectivity index (χ4n) is 2.81. The maximum absolute atomic E-state index is 12.2. The minimum Gasteiger partial charge on any atom is -0.475 e. The monoisotopic (exact) mass is 346 g/mol. The number of amides is 1. The van der Waals surface area contributed by atoms with Gasteiger partial charge < -0.3 is 9.52 Å². The van der Waals surface area contributed by atoms with Crippen LogP contribution in [0.2, 0.25) is 5.02 Å². The lowest BCUT2D eigenvalue weighted by Gasteiger charge is -2.13. The number of hydrogen-bond acceptors (Lipinski definition) is 4. The molecule has 1 aliphatic carbocycles. The Labute approximate surface area is 143 Å². The molecule has 0 saturated heterocycles. The van der Waals surface area contributed by atoms with Gasteiger partial charge in [0.25, 0.3) is 5.91 Å². The van der Waals surface area contributed by atoms with E-state index in [1.54, 1.807) is 31.2 Å². The van der Waals surface area contributed by atoms with Crippen LogP contribution in [0, 0.1) is 6.92 Å². The molecule has 2 aromatic rings. The summed E-state index contributed by atoms with van der Waals surface area (Å²) >= 11 is 6.00. The molecule has 7 heteroatoms. The second-order valence-corrected chi connectivity index (χ2v) is 5.90. The summed E-state index contributed by atoms with van der Waals surface area (Å²) in [6, 6.07) is 6.68. The number of carboxylic acids is 1. The number of fused-ring (bicyclic) bond motifs is 1. The van der Waals surface area contributed by atoms with Gasteiger partial charge >= 0.3 is 5.97 Å². The van der Waals surface area contributed by atoms with Gasteiger partial charge in [-0.25, -0.2) is 10.2 Å². The number of aryl methyl sites for hydroxylation is 1. The Kier molecular flexibility index (Phi) is 4.40. The Morgan fingerprint density at radius 3 is 2.75 bits per heavy atom. The number of halogens is 1. The summed E-state index contributed by atoms with van der Waals surface area (Å²) in [5.41, 5.74) is 4.65. The number of carbonyl (C=O) groups excluding carboxylic acids is 1. The Morgan fingerprint density at radius 2 is 2.04 bits per heavy atom. The molecule has 0 saturated carbocycles. The van der Waals surface area contributed by atoms with Crippen molar-refractivity contribution in [1.82, 2.24) is 5.43 Å². The molecule has 0 aliphatic heterocycles. The highest BCUT2D eigenvalue weighted by molar-refractivity contribution is 6.33. The molecule has 1 heterocycles. The second kappa shape index (κ2) is 6.49. The third-order valence-electron chi connectivity index (χ3n) is 3.93. The maximum Gasteiger partial charge on any atom is 0.372 e. The molecule has 1 aromatic carbocycles. The molecule has 0 fully saturated rings. The fraction of sp³-hybridized carbons (Fsp3) is 0.235. The molecule has 24 heavy (non-hydrogen) atoms. The van der Waals surface area contributed by atoms with Gasteiger partial charge in [0, 0.05) is 17.5 Å². The lowest BCUT2D eigenvalue weighted by molar-refractivity contribution is 0.0659. The SMILES string of the molecule is Cc1c(C(=O)O)oc2c1/C(=N/NC(=O)c1ccccc1Cl)CCC2. The number of furan rings is 1. The standard InChI is InChI=1S/C17H15ClN2O4/c1-9-14-12(7-4-8-13(14)24-15(9)17(22)23)19-20-16(21)10-5-2-3-6-11(10)18/h2-3,5-6H,4,7-8H2,1H3,(H,20,21)(H,22,23)/b19-12+. The van der Waals surface area contributed by atoms with Gasteiger partial charge in [0.15, 0.2) is 0 Å². The van der Waals surface area contributed by atoms with E-state index in [0.717, 1.165) is 6.42 Å². The number of hydrazone groups is 1. The number of nitrogens with one attached hydrogen (secondary N) is 1. The minimum atomic E-state index is -1.11. The lowest BCUT2D eigenvalue weighted by atomic mass is 9.93. The summed E-state index contributed by atoms with van der Waals surface area (Å²) < 4.78 is 5.42. The van der Waals surface area contributed by atoms with Crippen LogP contribution in [-0.4, -0.2) is 22.7 Å². The average Bonchev–Trinajstić information content (AvgIpc) is 2.91. The Hall–Kier alpha value is -2.60. The van der Waals surface area contributed by atoms with Gasteiger partial charge in [0.1, 0.15) is 5.76 Å². The summed E-state index contributed by atoms with van der Waals surface area (Å²) in [7, 11) is 0. The van der Waals surface area contributed by atoms with Crippen molar-refractivity contribution >= 4 is 29.2 Å². The third-order valence-corrected chi connectivity index (χ3v) is 4.26. The van der Waals surface area contributed by atoms with Gasteiger partial charge in [-0.05, 0) is 31.9 Å². The molecule has 2 N–H and O–H groups in total. The fourth-order valence-corrected chi connectivity index (χ4v) is 3.03. The zero-order valence-corrected chi connectivity index (χ0v) is 13.7. The molecule has 1 aliphatic rings. The minimum absolute atomic E-state index is 0.0768. The molecular weight excluding hydrogens is 332 g/mol. The second-order valence-electron chi connectivity index (χ2n) is 5.49. The van der Waals surface area contributed by atoms with Crippen LogP contribution in [0.15, 0.2) is 33.8 Å². The summed E-state index contributed by atoms with van der Waals surface area (Å²) in [6.45, 7) is 1.68. The van der Waals surface area contributed by atoms with E-state index in [1.807, 2.05) is 0 Å². The summed E-state index contributed by atoms with van der Waals surface area (Å²) in [6.07, 6.45) is 2.07.